The Kier molecular flexibility index (Phi) is 7.36. The van der Waals surface area contributed by atoms with Crippen molar-refractivity contribution in [3.05, 3.63) is 60.1 Å². The quantitative estimate of drug-likeness (QED) is 0.395. The second kappa shape index (κ2) is 10.6. The van der Waals surface area contributed by atoms with Crippen LogP contribution in [-0.2, 0) is 16.1 Å². The molecule has 4 rings (SSSR count). The van der Waals surface area contributed by atoms with Crippen LogP contribution >= 0.6 is 0 Å². The second-order valence-electron chi connectivity index (χ2n) is 9.29. The molecule has 1 aromatic carbocycles. The van der Waals surface area contributed by atoms with Crippen LogP contribution in [0.4, 0.5) is 11.6 Å². The highest BCUT2D eigenvalue weighted by Gasteiger charge is 2.38. The van der Waals surface area contributed by atoms with Crippen LogP contribution in [0.1, 0.15) is 31.4 Å². The fourth-order valence-corrected chi connectivity index (χ4v) is 4.60. The summed E-state index contributed by atoms with van der Waals surface area (Å²) < 4.78 is 0. The van der Waals surface area contributed by atoms with E-state index in [0.29, 0.717) is 37.2 Å². The van der Waals surface area contributed by atoms with Gasteiger partial charge in [0.25, 0.3) is 0 Å². The number of nitrogens with two attached hydrogens (primary N) is 2. The number of aromatic nitrogens is 3. The first-order valence-electron chi connectivity index (χ1n) is 11.7. The van der Waals surface area contributed by atoms with E-state index in [1.807, 2.05) is 29.2 Å². The highest BCUT2D eigenvalue weighted by molar-refractivity contribution is 5.92. The first-order chi connectivity index (χ1) is 16.9. The van der Waals surface area contributed by atoms with Gasteiger partial charge in [0.05, 0.1) is 17.6 Å². The third kappa shape index (κ3) is 5.63. The number of nitrogen functional groups attached to an aromatic ring is 2. The number of hydrogen-bond acceptors (Lipinski definition) is 8. The Bertz CT molecular complexity index is 1230. The number of rotatable bonds is 7. The molecule has 1 amide bonds. The number of anilines is 2. The summed E-state index contributed by atoms with van der Waals surface area (Å²) in [7, 11) is 0. The number of hydrogen-bond donors (Lipinski definition) is 2. The maximum Gasteiger partial charge on any atom is 0.246 e. The molecule has 1 aliphatic heterocycles. The Morgan fingerprint density at radius 2 is 1.97 bits per heavy atom. The van der Waals surface area contributed by atoms with Crippen LogP contribution in [0.2, 0.25) is 0 Å². The minimum Gasteiger partial charge on any atom is -0.384 e. The molecule has 3 heterocycles. The van der Waals surface area contributed by atoms with E-state index in [4.69, 9.17) is 11.5 Å². The van der Waals surface area contributed by atoms with Gasteiger partial charge in [0.2, 0.25) is 5.91 Å². The van der Waals surface area contributed by atoms with Crippen molar-refractivity contribution in [2.24, 2.45) is 5.92 Å². The normalized spacial score (nSPS) is 19.0. The zero-order chi connectivity index (χ0) is 24.9. The number of fused-ring (bicyclic) bond motifs is 1. The summed E-state index contributed by atoms with van der Waals surface area (Å²) in [5.74, 6) is 1.08. The molecule has 0 saturated carbocycles. The molecular formula is C26H31N7O2. The number of amides is 1. The fourth-order valence-electron chi connectivity index (χ4n) is 4.60. The SMILES string of the molecule is CC(C)C[C@H]1C(C=O)N(Cc2ccc3c(N)ncnc3c2)CCN1C(=O)C=Cc1ccc(N)nc1. The number of piperazine rings is 1. The van der Waals surface area contributed by atoms with Crippen LogP contribution in [0.5, 0.6) is 0 Å². The molecule has 1 saturated heterocycles. The Balaban J connectivity index is 1.54. The minimum atomic E-state index is -0.409. The lowest BCUT2D eigenvalue weighted by molar-refractivity contribution is -0.136. The van der Waals surface area contributed by atoms with Crippen molar-refractivity contribution in [1.82, 2.24) is 24.8 Å². The number of carbonyl (C=O) groups is 2. The molecule has 182 valence electrons. The van der Waals surface area contributed by atoms with Crippen LogP contribution in [-0.4, -0.2) is 62.1 Å². The molecule has 1 unspecified atom stereocenters. The van der Waals surface area contributed by atoms with Gasteiger partial charge in [0, 0.05) is 37.3 Å². The van der Waals surface area contributed by atoms with Crippen molar-refractivity contribution >= 4 is 40.8 Å². The molecule has 1 aliphatic rings. The maximum absolute atomic E-state index is 13.2. The number of nitrogens with zero attached hydrogens (tertiary/aromatic N) is 5. The van der Waals surface area contributed by atoms with Gasteiger partial charge in [0.1, 0.15) is 24.2 Å². The Hall–Kier alpha value is -3.85. The molecule has 4 N–H and O–H groups in total. The molecule has 3 aromatic rings. The molecule has 2 atom stereocenters. The fraction of sp³-hybridized carbons (Fsp3) is 0.346. The lowest BCUT2D eigenvalue weighted by Crippen LogP contribution is -2.61. The summed E-state index contributed by atoms with van der Waals surface area (Å²) in [5.41, 5.74) is 14.2. The van der Waals surface area contributed by atoms with Crippen LogP contribution < -0.4 is 11.5 Å². The predicted octanol–water partition coefficient (Wildman–Crippen LogP) is 2.53. The smallest absolute Gasteiger partial charge is 0.246 e. The molecule has 0 spiro atoms. The molecule has 0 radical (unpaired) electrons. The van der Waals surface area contributed by atoms with Crippen molar-refractivity contribution in [1.29, 1.82) is 0 Å². The van der Waals surface area contributed by atoms with Crippen LogP contribution in [0.15, 0.2) is 48.9 Å². The van der Waals surface area contributed by atoms with E-state index < -0.39 is 6.04 Å². The van der Waals surface area contributed by atoms with Crippen LogP contribution in [0, 0.1) is 5.92 Å². The zero-order valence-electron chi connectivity index (χ0n) is 20.0. The van der Waals surface area contributed by atoms with E-state index >= 15 is 0 Å². The average Bonchev–Trinajstić information content (AvgIpc) is 2.83. The van der Waals surface area contributed by atoms with E-state index in [9.17, 15) is 9.59 Å². The molecule has 0 bridgehead atoms. The highest BCUT2D eigenvalue weighted by Crippen LogP contribution is 2.26. The van der Waals surface area contributed by atoms with Gasteiger partial charge in [-0.25, -0.2) is 15.0 Å². The lowest BCUT2D eigenvalue weighted by atomic mass is 9.92. The summed E-state index contributed by atoms with van der Waals surface area (Å²) in [5, 5.41) is 0.805. The van der Waals surface area contributed by atoms with E-state index in [0.717, 1.165) is 34.7 Å². The summed E-state index contributed by atoms with van der Waals surface area (Å²) in [6.45, 7) is 5.91. The van der Waals surface area contributed by atoms with Gasteiger partial charge in [-0.05, 0) is 53.8 Å². The molecular weight excluding hydrogens is 442 g/mol. The topological polar surface area (TPSA) is 131 Å². The Morgan fingerprint density at radius 3 is 2.69 bits per heavy atom. The molecule has 9 heteroatoms. The molecule has 35 heavy (non-hydrogen) atoms. The van der Waals surface area contributed by atoms with Crippen molar-refractivity contribution < 1.29 is 9.59 Å². The summed E-state index contributed by atoms with van der Waals surface area (Å²) in [6.07, 6.45) is 8.05. The van der Waals surface area contributed by atoms with Crippen LogP contribution in [0.3, 0.4) is 0 Å². The minimum absolute atomic E-state index is 0.114. The third-order valence-electron chi connectivity index (χ3n) is 6.32. The van der Waals surface area contributed by atoms with E-state index in [-0.39, 0.29) is 11.9 Å². The van der Waals surface area contributed by atoms with E-state index in [1.165, 1.54) is 6.33 Å². The predicted molar refractivity (Wildman–Crippen MR) is 137 cm³/mol. The van der Waals surface area contributed by atoms with Gasteiger partial charge in [-0.1, -0.05) is 19.9 Å². The van der Waals surface area contributed by atoms with E-state index in [2.05, 4.69) is 33.7 Å². The lowest BCUT2D eigenvalue weighted by Gasteiger charge is -2.46. The third-order valence-corrected chi connectivity index (χ3v) is 6.32. The van der Waals surface area contributed by atoms with Gasteiger partial charge in [-0.2, -0.15) is 0 Å². The van der Waals surface area contributed by atoms with Gasteiger partial charge in [-0.15, -0.1) is 0 Å². The number of benzene rings is 1. The molecule has 0 aliphatic carbocycles. The molecule has 1 fully saturated rings. The largest absolute Gasteiger partial charge is 0.384 e. The van der Waals surface area contributed by atoms with Crippen molar-refractivity contribution in [2.75, 3.05) is 24.6 Å². The van der Waals surface area contributed by atoms with Crippen molar-refractivity contribution in [3.63, 3.8) is 0 Å². The van der Waals surface area contributed by atoms with Gasteiger partial charge in [-0.3, -0.25) is 9.69 Å². The Labute approximate surface area is 204 Å². The van der Waals surface area contributed by atoms with Crippen LogP contribution in [0.25, 0.3) is 17.0 Å². The Morgan fingerprint density at radius 1 is 1.14 bits per heavy atom. The summed E-state index contributed by atoms with van der Waals surface area (Å²) in [4.78, 5) is 41.9. The first kappa shape index (κ1) is 24.3. The number of aldehydes is 1. The molecule has 2 aromatic heterocycles. The standard InChI is InChI=1S/C26H31N7O2/c1-17(2)11-22-23(15-34)32(14-19-3-6-20-21(12-19)30-16-31-26(20)28)9-10-33(22)25(35)8-5-18-4-7-24(27)29-13-18/h3-8,12-13,15-17,22-23H,9-11,14H2,1-2H3,(H2,27,29)(H2,28,30,31)/t22-,23?/m0/s1. The maximum atomic E-state index is 13.2. The summed E-state index contributed by atoms with van der Waals surface area (Å²) >= 11 is 0. The number of pyridine rings is 1. The summed E-state index contributed by atoms with van der Waals surface area (Å²) in [6, 6.07) is 8.76. The van der Waals surface area contributed by atoms with E-state index in [1.54, 1.807) is 24.4 Å². The van der Waals surface area contributed by atoms with Gasteiger partial charge >= 0.3 is 0 Å². The number of carbonyl (C=O) groups excluding carboxylic acids is 2. The first-order valence-corrected chi connectivity index (χ1v) is 11.7. The highest BCUT2D eigenvalue weighted by atomic mass is 16.2. The second-order valence-corrected chi connectivity index (χ2v) is 9.29. The average molecular weight is 474 g/mol. The zero-order valence-corrected chi connectivity index (χ0v) is 20.0. The van der Waals surface area contributed by atoms with Gasteiger partial charge < -0.3 is 21.2 Å². The van der Waals surface area contributed by atoms with Crippen molar-refractivity contribution in [3.8, 4) is 0 Å². The molecule has 9 nitrogen and oxygen atoms in total. The van der Waals surface area contributed by atoms with Crippen molar-refractivity contribution in [2.45, 2.75) is 38.9 Å². The van der Waals surface area contributed by atoms with Gasteiger partial charge in [0.15, 0.2) is 0 Å². The monoisotopic (exact) mass is 473 g/mol.